The number of halogens is 1. The van der Waals surface area contributed by atoms with Gasteiger partial charge in [0, 0.05) is 11.1 Å². The smallest absolute Gasteiger partial charge is 0.120 e. The molecule has 0 heterocycles. The minimum absolute atomic E-state index is 0.161. The van der Waals surface area contributed by atoms with Crippen molar-refractivity contribution in [3.63, 3.8) is 0 Å². The SMILES string of the molecule is COc1ccc(C(C)CC(O)C(C)N)c(Cl)c1. The molecule has 0 aromatic heterocycles. The average Bonchev–Trinajstić information content (AvgIpc) is 2.28. The first-order valence-corrected chi connectivity index (χ1v) is 6.10. The summed E-state index contributed by atoms with van der Waals surface area (Å²) in [6.07, 6.45) is 0.0900. The van der Waals surface area contributed by atoms with Crippen LogP contribution in [0.25, 0.3) is 0 Å². The highest BCUT2D eigenvalue weighted by atomic mass is 35.5. The molecule has 1 aromatic carbocycles. The van der Waals surface area contributed by atoms with E-state index >= 15 is 0 Å². The van der Waals surface area contributed by atoms with Crippen LogP contribution in [0.4, 0.5) is 0 Å². The molecule has 0 radical (unpaired) electrons. The first-order chi connectivity index (χ1) is 7.95. The molecular weight excluding hydrogens is 238 g/mol. The van der Waals surface area contributed by atoms with Crippen LogP contribution in [0.2, 0.25) is 5.02 Å². The maximum Gasteiger partial charge on any atom is 0.120 e. The fourth-order valence-corrected chi connectivity index (χ4v) is 2.10. The van der Waals surface area contributed by atoms with E-state index in [1.807, 2.05) is 19.1 Å². The Balaban J connectivity index is 2.78. The lowest BCUT2D eigenvalue weighted by atomic mass is 9.93. The molecule has 0 saturated carbocycles. The Morgan fingerprint density at radius 2 is 2.06 bits per heavy atom. The van der Waals surface area contributed by atoms with Gasteiger partial charge in [-0.25, -0.2) is 0 Å². The van der Waals surface area contributed by atoms with Crippen molar-refractivity contribution in [2.24, 2.45) is 5.73 Å². The van der Waals surface area contributed by atoms with Gasteiger partial charge in [0.1, 0.15) is 5.75 Å². The van der Waals surface area contributed by atoms with Crippen LogP contribution in [-0.4, -0.2) is 24.4 Å². The summed E-state index contributed by atoms with van der Waals surface area (Å²) >= 11 is 6.17. The van der Waals surface area contributed by atoms with Gasteiger partial charge in [-0.3, -0.25) is 0 Å². The lowest BCUT2D eigenvalue weighted by Crippen LogP contribution is -2.32. The fraction of sp³-hybridized carbons (Fsp3) is 0.538. The summed E-state index contributed by atoms with van der Waals surface area (Å²) in [5.74, 6) is 0.896. The molecule has 0 fully saturated rings. The minimum Gasteiger partial charge on any atom is -0.497 e. The van der Waals surface area contributed by atoms with Gasteiger partial charge in [-0.1, -0.05) is 24.6 Å². The summed E-state index contributed by atoms with van der Waals surface area (Å²) in [5, 5.41) is 10.4. The Kier molecular flexibility index (Phi) is 5.25. The number of rotatable bonds is 5. The van der Waals surface area contributed by atoms with Crippen LogP contribution in [0.15, 0.2) is 18.2 Å². The van der Waals surface area contributed by atoms with E-state index in [-0.39, 0.29) is 12.0 Å². The van der Waals surface area contributed by atoms with Crippen LogP contribution < -0.4 is 10.5 Å². The Bertz CT molecular complexity index is 368. The second-order valence-electron chi connectivity index (χ2n) is 4.45. The first-order valence-electron chi connectivity index (χ1n) is 5.72. The van der Waals surface area contributed by atoms with Crippen LogP contribution in [0, 0.1) is 0 Å². The number of methoxy groups -OCH3 is 1. The highest BCUT2D eigenvalue weighted by molar-refractivity contribution is 6.31. The summed E-state index contributed by atoms with van der Waals surface area (Å²) in [6.45, 7) is 3.83. The molecule has 3 unspecified atom stereocenters. The molecule has 4 heteroatoms. The summed E-state index contributed by atoms with van der Waals surface area (Å²) in [4.78, 5) is 0. The number of hydrogen-bond acceptors (Lipinski definition) is 3. The molecule has 0 aliphatic heterocycles. The van der Waals surface area contributed by atoms with Crippen molar-refractivity contribution in [1.82, 2.24) is 0 Å². The summed E-state index contributed by atoms with van der Waals surface area (Å²) in [6, 6.07) is 5.36. The Hall–Kier alpha value is -0.770. The van der Waals surface area contributed by atoms with Crippen LogP contribution in [0.3, 0.4) is 0 Å². The Morgan fingerprint density at radius 1 is 1.41 bits per heavy atom. The molecule has 0 aliphatic rings. The van der Waals surface area contributed by atoms with Crippen LogP contribution in [0.5, 0.6) is 5.75 Å². The maximum absolute atomic E-state index is 9.76. The van der Waals surface area contributed by atoms with Crippen molar-refractivity contribution in [3.05, 3.63) is 28.8 Å². The van der Waals surface area contributed by atoms with E-state index in [9.17, 15) is 5.11 Å². The molecule has 0 spiro atoms. The lowest BCUT2D eigenvalue weighted by molar-refractivity contribution is 0.134. The molecule has 3 atom stereocenters. The molecule has 1 aromatic rings. The van der Waals surface area contributed by atoms with E-state index in [0.717, 1.165) is 11.3 Å². The van der Waals surface area contributed by atoms with E-state index in [4.69, 9.17) is 22.1 Å². The molecular formula is C13H20ClNO2. The van der Waals surface area contributed by atoms with Gasteiger partial charge in [0.15, 0.2) is 0 Å². The van der Waals surface area contributed by atoms with E-state index in [1.54, 1.807) is 20.1 Å². The Labute approximate surface area is 108 Å². The van der Waals surface area contributed by atoms with Gasteiger partial charge in [-0.05, 0) is 37.0 Å². The third-order valence-electron chi connectivity index (χ3n) is 2.94. The zero-order valence-corrected chi connectivity index (χ0v) is 11.2. The molecule has 3 N–H and O–H groups in total. The fourth-order valence-electron chi connectivity index (χ4n) is 1.74. The van der Waals surface area contributed by atoms with Crippen LogP contribution >= 0.6 is 11.6 Å². The lowest BCUT2D eigenvalue weighted by Gasteiger charge is -2.20. The van der Waals surface area contributed by atoms with Gasteiger partial charge >= 0.3 is 0 Å². The topological polar surface area (TPSA) is 55.5 Å². The van der Waals surface area contributed by atoms with Crippen molar-refractivity contribution in [2.75, 3.05) is 7.11 Å². The Morgan fingerprint density at radius 3 is 2.53 bits per heavy atom. The molecule has 0 amide bonds. The van der Waals surface area contributed by atoms with Crippen molar-refractivity contribution in [2.45, 2.75) is 38.3 Å². The second-order valence-corrected chi connectivity index (χ2v) is 4.86. The number of nitrogens with two attached hydrogens (primary N) is 1. The molecule has 17 heavy (non-hydrogen) atoms. The first kappa shape index (κ1) is 14.3. The van der Waals surface area contributed by atoms with Crippen LogP contribution in [-0.2, 0) is 0 Å². The number of benzene rings is 1. The molecule has 0 bridgehead atoms. The van der Waals surface area contributed by atoms with Crippen molar-refractivity contribution in [1.29, 1.82) is 0 Å². The molecule has 0 saturated heterocycles. The zero-order valence-electron chi connectivity index (χ0n) is 10.5. The van der Waals surface area contributed by atoms with E-state index in [2.05, 4.69) is 0 Å². The molecule has 0 aliphatic carbocycles. The maximum atomic E-state index is 9.76. The quantitative estimate of drug-likeness (QED) is 0.852. The molecule has 1 rings (SSSR count). The third-order valence-corrected chi connectivity index (χ3v) is 3.27. The van der Waals surface area contributed by atoms with E-state index in [1.165, 1.54) is 0 Å². The predicted molar refractivity (Wildman–Crippen MR) is 70.7 cm³/mol. The number of aliphatic hydroxyl groups excluding tert-OH is 1. The molecule has 3 nitrogen and oxygen atoms in total. The number of hydrogen-bond donors (Lipinski definition) is 2. The largest absolute Gasteiger partial charge is 0.497 e. The predicted octanol–water partition coefficient (Wildman–Crippen LogP) is 2.55. The minimum atomic E-state index is -0.511. The van der Waals surface area contributed by atoms with Gasteiger partial charge in [-0.2, -0.15) is 0 Å². The highest BCUT2D eigenvalue weighted by Gasteiger charge is 2.17. The third kappa shape index (κ3) is 3.87. The average molecular weight is 258 g/mol. The van der Waals surface area contributed by atoms with Gasteiger partial charge in [-0.15, -0.1) is 0 Å². The van der Waals surface area contributed by atoms with Crippen molar-refractivity contribution in [3.8, 4) is 5.75 Å². The zero-order chi connectivity index (χ0) is 13.0. The summed E-state index contributed by atoms with van der Waals surface area (Å²) < 4.78 is 5.10. The summed E-state index contributed by atoms with van der Waals surface area (Å²) in [7, 11) is 1.61. The van der Waals surface area contributed by atoms with Gasteiger partial charge in [0.05, 0.1) is 13.2 Å². The highest BCUT2D eigenvalue weighted by Crippen LogP contribution is 2.31. The van der Waals surface area contributed by atoms with Gasteiger partial charge in [0.25, 0.3) is 0 Å². The second kappa shape index (κ2) is 6.24. The van der Waals surface area contributed by atoms with Crippen molar-refractivity contribution >= 4 is 11.6 Å². The normalized spacial score (nSPS) is 16.4. The van der Waals surface area contributed by atoms with Gasteiger partial charge < -0.3 is 15.6 Å². The molecule has 96 valence electrons. The number of aliphatic hydroxyl groups is 1. The van der Waals surface area contributed by atoms with Gasteiger partial charge in [0.2, 0.25) is 0 Å². The number of ether oxygens (including phenoxy) is 1. The standard InChI is InChI=1S/C13H20ClNO2/c1-8(6-13(16)9(2)15)11-5-4-10(17-3)7-12(11)14/h4-5,7-9,13,16H,6,15H2,1-3H3. The summed E-state index contributed by atoms with van der Waals surface area (Å²) in [5.41, 5.74) is 6.65. The van der Waals surface area contributed by atoms with E-state index < -0.39 is 6.10 Å². The van der Waals surface area contributed by atoms with Crippen molar-refractivity contribution < 1.29 is 9.84 Å². The monoisotopic (exact) mass is 257 g/mol. The van der Waals surface area contributed by atoms with E-state index in [0.29, 0.717) is 11.4 Å². The van der Waals surface area contributed by atoms with Crippen LogP contribution in [0.1, 0.15) is 31.7 Å².